The summed E-state index contributed by atoms with van der Waals surface area (Å²) in [5.74, 6) is -8.25. The third kappa shape index (κ3) is 24.2. The van der Waals surface area contributed by atoms with Crippen LogP contribution in [0.5, 0.6) is 0 Å². The minimum Gasteiger partial charge on any atom is -0.480 e. The molecule has 8 amide bonds. The Kier molecular flexibility index (Phi) is 27.7. The van der Waals surface area contributed by atoms with E-state index in [1.54, 1.807) is 0 Å². The fourth-order valence-corrected chi connectivity index (χ4v) is 7.45. The van der Waals surface area contributed by atoms with Crippen LogP contribution < -0.4 is 83.5 Å². The van der Waals surface area contributed by atoms with Crippen LogP contribution in [0, 0.1) is 0 Å². The van der Waals surface area contributed by atoms with Crippen molar-refractivity contribution >= 4 is 71.1 Å². The lowest BCUT2D eigenvalue weighted by Gasteiger charge is -2.30. The number of amides is 8. The van der Waals surface area contributed by atoms with Gasteiger partial charge < -0.3 is 98.5 Å². The van der Waals surface area contributed by atoms with Gasteiger partial charge in [0.15, 0.2) is 17.9 Å². The molecule has 31 nitrogen and oxygen atoms in total. The number of carbonyl (C=O) groups excluding carboxylic acids is 8. The summed E-state index contributed by atoms with van der Waals surface area (Å²) in [6.07, 6.45) is 4.37. The van der Waals surface area contributed by atoms with Gasteiger partial charge in [0.25, 0.3) is 0 Å². The van der Waals surface area contributed by atoms with Crippen molar-refractivity contribution in [3.63, 3.8) is 0 Å². The summed E-state index contributed by atoms with van der Waals surface area (Å²) < 4.78 is 0. The fraction of sp³-hybridized carbons (Fsp3) is 0.643. The first-order valence-electron chi connectivity index (χ1n) is 23.8. The SMILES string of the molecule is NCCCC[C@H](N)C(=O)N[C@@H](CCCN=C(N)N)C(=O)N[C@@H](CCC(N)=O)C(=O)N[C@@H](Cc1cnc[nH]1)C(=O)N1CCC[C@H]1C(=O)NCC(=O)N[C@@H](CCCN=C(N)N)C(=O)N[C@@H](CCCN=C(N)N)C(=O)O. The van der Waals surface area contributed by atoms with Gasteiger partial charge in [-0.1, -0.05) is 6.42 Å². The number of carboxylic acids is 1. The maximum atomic E-state index is 14.4. The molecule has 1 aliphatic heterocycles. The molecule has 0 radical (unpaired) electrons. The van der Waals surface area contributed by atoms with Gasteiger partial charge in [0, 0.05) is 50.9 Å². The number of primary amides is 1. The molecule has 1 aliphatic rings. The summed E-state index contributed by atoms with van der Waals surface area (Å²) in [4.78, 5) is 139. The van der Waals surface area contributed by atoms with E-state index in [9.17, 15) is 48.3 Å². The maximum Gasteiger partial charge on any atom is 0.326 e. The third-order valence-electron chi connectivity index (χ3n) is 11.2. The summed E-state index contributed by atoms with van der Waals surface area (Å²) in [5, 5.41) is 25.0. The number of rotatable bonds is 35. The molecule has 1 saturated heterocycles. The monoisotopic (exact) mass is 1030 g/mol. The number of unbranched alkanes of at least 4 members (excludes halogenated alkanes) is 1. The van der Waals surface area contributed by atoms with Crippen molar-refractivity contribution in [3.8, 4) is 0 Å². The van der Waals surface area contributed by atoms with E-state index in [2.05, 4.69) is 56.8 Å². The van der Waals surface area contributed by atoms with Gasteiger partial charge in [0.05, 0.1) is 18.9 Å². The molecule has 31 heteroatoms. The van der Waals surface area contributed by atoms with Crippen LogP contribution in [0.4, 0.5) is 0 Å². The van der Waals surface area contributed by atoms with Crippen LogP contribution in [0.1, 0.15) is 89.2 Å². The number of likely N-dealkylation sites (tertiary alicyclic amines) is 1. The molecule has 1 aromatic heterocycles. The maximum absolute atomic E-state index is 14.4. The molecule has 0 aromatic carbocycles. The molecule has 2 rings (SSSR count). The molecule has 7 atom stereocenters. The van der Waals surface area contributed by atoms with E-state index >= 15 is 0 Å². The topological polar surface area (TPSA) is 549 Å². The fourth-order valence-electron chi connectivity index (χ4n) is 7.45. The summed E-state index contributed by atoms with van der Waals surface area (Å²) in [6, 6.07) is -8.89. The first-order valence-corrected chi connectivity index (χ1v) is 23.8. The van der Waals surface area contributed by atoms with Gasteiger partial charge >= 0.3 is 5.97 Å². The van der Waals surface area contributed by atoms with Crippen LogP contribution in [0.25, 0.3) is 0 Å². The molecule has 408 valence electrons. The Morgan fingerprint density at radius 1 is 0.671 bits per heavy atom. The summed E-state index contributed by atoms with van der Waals surface area (Å²) in [7, 11) is 0. The van der Waals surface area contributed by atoms with E-state index < -0.39 is 102 Å². The van der Waals surface area contributed by atoms with Gasteiger partial charge in [-0.05, 0) is 77.2 Å². The highest BCUT2D eigenvalue weighted by atomic mass is 16.4. The second kappa shape index (κ2) is 32.9. The van der Waals surface area contributed by atoms with E-state index in [0.29, 0.717) is 31.5 Å². The molecule has 0 unspecified atom stereocenters. The van der Waals surface area contributed by atoms with Crippen molar-refractivity contribution < 1.29 is 48.3 Å². The number of aromatic amines is 1. The summed E-state index contributed by atoms with van der Waals surface area (Å²) in [6.45, 7) is 0.0616. The molecule has 0 saturated carbocycles. The Labute approximate surface area is 421 Å². The first-order chi connectivity index (χ1) is 34.6. The Bertz CT molecular complexity index is 2080. The van der Waals surface area contributed by atoms with E-state index in [4.69, 9.17) is 51.6 Å². The van der Waals surface area contributed by atoms with Crippen molar-refractivity contribution in [2.45, 2.75) is 132 Å². The lowest BCUT2D eigenvalue weighted by atomic mass is 10.0. The van der Waals surface area contributed by atoms with Gasteiger partial charge in [-0.15, -0.1) is 0 Å². The van der Waals surface area contributed by atoms with Crippen molar-refractivity contribution in [2.24, 2.45) is 66.6 Å². The molecule has 0 bridgehead atoms. The smallest absolute Gasteiger partial charge is 0.326 e. The largest absolute Gasteiger partial charge is 0.480 e. The van der Waals surface area contributed by atoms with E-state index in [-0.39, 0.29) is 115 Å². The number of carbonyl (C=O) groups is 9. The van der Waals surface area contributed by atoms with Crippen molar-refractivity contribution in [2.75, 3.05) is 39.3 Å². The molecular weight excluding hydrogens is 959 g/mol. The second-order valence-corrected chi connectivity index (χ2v) is 17.1. The number of aliphatic imine (C=N–C) groups is 3. The molecule has 2 heterocycles. The number of H-pyrrole nitrogens is 1. The van der Waals surface area contributed by atoms with Gasteiger partial charge in [0.1, 0.15) is 36.3 Å². The van der Waals surface area contributed by atoms with E-state index in [1.807, 2.05) is 0 Å². The zero-order chi connectivity index (χ0) is 54.5. The Hall–Kier alpha value is -7.83. The lowest BCUT2D eigenvalue weighted by molar-refractivity contribution is -0.142. The van der Waals surface area contributed by atoms with Gasteiger partial charge in [-0.3, -0.25) is 53.3 Å². The van der Waals surface area contributed by atoms with Crippen LogP contribution >= 0.6 is 0 Å². The molecule has 0 aliphatic carbocycles. The number of aromatic nitrogens is 2. The quantitative estimate of drug-likeness (QED) is 0.0171. The Morgan fingerprint density at radius 3 is 1.68 bits per heavy atom. The molecule has 1 aromatic rings. The first kappa shape index (κ1) is 61.3. The average Bonchev–Trinajstić information content (AvgIpc) is 4.05. The number of nitrogens with zero attached hydrogens (tertiary/aromatic N) is 5. The number of nitrogens with one attached hydrogen (secondary N) is 7. The number of hydrogen-bond acceptors (Lipinski definition) is 15. The summed E-state index contributed by atoms with van der Waals surface area (Å²) in [5.41, 5.74) is 49.8. The molecular formula is C42H75N21O10. The standard InChI is InChI=1S/C42H75N21O10/c43-14-2-1-7-24(44)33(66)59-26(9-4-16-54-41(48)49)35(68)60-27(12-13-31(45)64)36(69)62-29(19-23-20-52-22-57-23)38(71)63-18-6-11-30(63)37(70)56-21-32(65)58-25(8-3-15-53-40(46)47)34(67)61-28(39(72)73)10-5-17-55-42(50)51/h20,22,24-30H,1-19,21,43-44H2,(H2,45,64)(H,52,57)(H,56,70)(H,58,65)(H,59,66)(H,60,68)(H,61,67)(H,62,69)(H,72,73)(H4,46,47,53)(H4,48,49,54)(H4,50,51,55)/t24-,25-,26-,27-,28-,29-,30-/m0/s1. The van der Waals surface area contributed by atoms with Crippen LogP contribution in [0.15, 0.2) is 27.5 Å². The van der Waals surface area contributed by atoms with Crippen molar-refractivity contribution in [1.82, 2.24) is 46.8 Å². The van der Waals surface area contributed by atoms with Gasteiger partial charge in [-0.2, -0.15) is 0 Å². The minimum absolute atomic E-state index is 0.00249. The van der Waals surface area contributed by atoms with Crippen LogP contribution in [-0.2, 0) is 49.6 Å². The zero-order valence-corrected chi connectivity index (χ0v) is 40.9. The number of nitrogens with two attached hydrogens (primary N) is 9. The molecule has 26 N–H and O–H groups in total. The average molecular weight is 1030 g/mol. The highest BCUT2D eigenvalue weighted by Gasteiger charge is 2.39. The third-order valence-corrected chi connectivity index (χ3v) is 11.2. The van der Waals surface area contributed by atoms with Gasteiger partial charge in [0.2, 0.25) is 47.3 Å². The highest BCUT2D eigenvalue weighted by Crippen LogP contribution is 2.20. The van der Waals surface area contributed by atoms with E-state index in [1.165, 1.54) is 17.4 Å². The zero-order valence-electron chi connectivity index (χ0n) is 40.9. The van der Waals surface area contributed by atoms with Crippen LogP contribution in [-0.4, -0.2) is 173 Å². The van der Waals surface area contributed by atoms with Crippen molar-refractivity contribution in [3.05, 3.63) is 18.2 Å². The predicted octanol–water partition coefficient (Wildman–Crippen LogP) is -7.55. The normalized spacial score (nSPS) is 15.4. The second-order valence-electron chi connectivity index (χ2n) is 17.1. The lowest BCUT2D eigenvalue weighted by Crippen LogP contribution is -2.59. The number of carboxylic acid groups (broad SMARTS) is 1. The Balaban J connectivity index is 2.29. The number of hydrogen-bond donors (Lipinski definition) is 17. The molecule has 73 heavy (non-hydrogen) atoms. The molecule has 1 fully saturated rings. The Morgan fingerprint density at radius 2 is 1.18 bits per heavy atom. The molecule has 0 spiro atoms. The van der Waals surface area contributed by atoms with Crippen LogP contribution in [0.3, 0.4) is 0 Å². The van der Waals surface area contributed by atoms with E-state index in [0.717, 1.165) is 0 Å². The number of guanidine groups is 3. The number of aliphatic carboxylic acids is 1. The predicted molar refractivity (Wildman–Crippen MR) is 266 cm³/mol. The minimum atomic E-state index is -1.48. The number of imidazole rings is 1. The highest BCUT2D eigenvalue weighted by molar-refractivity contribution is 5.97. The summed E-state index contributed by atoms with van der Waals surface area (Å²) >= 11 is 0. The van der Waals surface area contributed by atoms with Crippen molar-refractivity contribution in [1.29, 1.82) is 0 Å². The van der Waals surface area contributed by atoms with Crippen LogP contribution in [0.2, 0.25) is 0 Å². The van der Waals surface area contributed by atoms with Gasteiger partial charge in [-0.25, -0.2) is 9.78 Å².